The van der Waals surface area contributed by atoms with Crippen LogP contribution in [0.4, 0.5) is 0 Å². The van der Waals surface area contributed by atoms with Gasteiger partial charge in [0.1, 0.15) is 0 Å². The van der Waals surface area contributed by atoms with Crippen LogP contribution < -0.4 is 0 Å². The van der Waals surface area contributed by atoms with Crippen LogP contribution in [0, 0.1) is 52.3 Å². The minimum absolute atomic E-state index is 0.00978. The van der Waals surface area contributed by atoms with Crippen LogP contribution in [0.15, 0.2) is 0 Å². The second-order valence-corrected chi connectivity index (χ2v) is 13.7. The van der Waals surface area contributed by atoms with E-state index in [2.05, 4.69) is 34.6 Å². The van der Waals surface area contributed by atoms with E-state index in [-0.39, 0.29) is 6.10 Å². The van der Waals surface area contributed by atoms with E-state index in [0.29, 0.717) is 10.8 Å². The van der Waals surface area contributed by atoms with E-state index >= 15 is 0 Å². The first-order chi connectivity index (χ1) is 15.3. The Morgan fingerprint density at radius 3 is 2.19 bits per heavy atom. The fourth-order valence-corrected chi connectivity index (χ4v) is 10.4. The summed E-state index contributed by atoms with van der Waals surface area (Å²) < 4.78 is 0. The maximum atomic E-state index is 10.3. The normalized spacial score (nSPS) is 44.7. The number of aliphatic hydroxyl groups is 1. The van der Waals surface area contributed by atoms with Crippen LogP contribution in [-0.4, -0.2) is 11.2 Å². The number of aliphatic hydroxyl groups excluding tert-OH is 1. The van der Waals surface area contributed by atoms with Gasteiger partial charge >= 0.3 is 0 Å². The first-order valence-electron chi connectivity index (χ1n) is 15.0. The molecule has 32 heavy (non-hydrogen) atoms. The Morgan fingerprint density at radius 1 is 0.781 bits per heavy atom. The predicted octanol–water partition coefficient (Wildman–Crippen LogP) is 9.03. The minimum atomic E-state index is -0.00978. The van der Waals surface area contributed by atoms with E-state index < -0.39 is 0 Å². The molecule has 0 saturated heterocycles. The van der Waals surface area contributed by atoms with E-state index in [9.17, 15) is 5.11 Å². The Labute approximate surface area is 200 Å². The molecule has 1 nitrogen and oxygen atoms in total. The van der Waals surface area contributed by atoms with Gasteiger partial charge in [0.15, 0.2) is 0 Å². The van der Waals surface area contributed by atoms with E-state index in [4.69, 9.17) is 0 Å². The molecular weight excluding hydrogens is 388 g/mol. The summed E-state index contributed by atoms with van der Waals surface area (Å²) in [5.74, 6) is 6.61. The van der Waals surface area contributed by atoms with Crippen molar-refractivity contribution in [3.05, 3.63) is 0 Å². The largest absolute Gasteiger partial charge is 0.393 e. The van der Waals surface area contributed by atoms with Crippen LogP contribution in [0.1, 0.15) is 137 Å². The highest BCUT2D eigenvalue weighted by atomic mass is 16.3. The van der Waals surface area contributed by atoms with Gasteiger partial charge in [0.2, 0.25) is 0 Å². The number of rotatable bonds is 9. The molecule has 1 N–H and O–H groups in total. The molecule has 0 aromatic rings. The lowest BCUT2D eigenvalue weighted by Gasteiger charge is -2.61. The van der Waals surface area contributed by atoms with Gasteiger partial charge in [-0.05, 0) is 110 Å². The first kappa shape index (κ1) is 25.1. The van der Waals surface area contributed by atoms with Crippen molar-refractivity contribution in [2.45, 2.75) is 143 Å². The average Bonchev–Trinajstić information content (AvgIpc) is 3.12. The molecular formula is C31H56O. The maximum Gasteiger partial charge on any atom is 0.0543 e. The lowest BCUT2D eigenvalue weighted by Crippen LogP contribution is -2.54. The van der Waals surface area contributed by atoms with E-state index in [1.165, 1.54) is 89.9 Å². The first-order valence-corrected chi connectivity index (χ1v) is 15.0. The Balaban J connectivity index is 1.37. The van der Waals surface area contributed by atoms with Gasteiger partial charge in [-0.3, -0.25) is 0 Å². The zero-order valence-electron chi connectivity index (χ0n) is 22.4. The van der Waals surface area contributed by atoms with Gasteiger partial charge in [-0.25, -0.2) is 0 Å². The second kappa shape index (κ2) is 10.3. The van der Waals surface area contributed by atoms with Gasteiger partial charge in [-0.15, -0.1) is 0 Å². The van der Waals surface area contributed by atoms with Gasteiger partial charge in [0.05, 0.1) is 6.10 Å². The summed E-state index contributed by atoms with van der Waals surface area (Å²) in [6, 6.07) is 0. The monoisotopic (exact) mass is 444 g/mol. The standard InChI is InChI=1S/C31H56O/c1-6-9-23(10-7-2)12-8-11-22(3)27-15-16-28-26-14-13-24-21-25(32)17-19-30(24,4)29(26)18-20-31(27,28)5/h22-29,32H,6-21H2,1-5H3/t22-,24?,25+,26+,27-,28+,29+,30?,31-/m1/s1. The molecule has 2 unspecified atom stereocenters. The van der Waals surface area contributed by atoms with Gasteiger partial charge in [-0.1, -0.05) is 79.6 Å². The topological polar surface area (TPSA) is 20.2 Å². The highest BCUT2D eigenvalue weighted by Crippen LogP contribution is 2.68. The van der Waals surface area contributed by atoms with Crippen molar-refractivity contribution in [2.24, 2.45) is 52.3 Å². The lowest BCUT2D eigenvalue weighted by molar-refractivity contribution is -0.129. The van der Waals surface area contributed by atoms with Crippen LogP contribution >= 0.6 is 0 Å². The highest BCUT2D eigenvalue weighted by Gasteiger charge is 2.60. The number of fused-ring (bicyclic) bond motifs is 5. The molecule has 0 radical (unpaired) electrons. The van der Waals surface area contributed by atoms with Crippen LogP contribution in [0.25, 0.3) is 0 Å². The quantitative estimate of drug-likeness (QED) is 0.376. The molecule has 0 amide bonds. The third-order valence-electron chi connectivity index (χ3n) is 12.1. The lowest BCUT2D eigenvalue weighted by atomic mass is 9.44. The molecule has 1 heteroatoms. The van der Waals surface area contributed by atoms with Gasteiger partial charge in [0, 0.05) is 0 Å². The van der Waals surface area contributed by atoms with Crippen LogP contribution in [0.5, 0.6) is 0 Å². The van der Waals surface area contributed by atoms with Crippen molar-refractivity contribution >= 4 is 0 Å². The molecule has 0 aliphatic heterocycles. The van der Waals surface area contributed by atoms with Crippen LogP contribution in [0.3, 0.4) is 0 Å². The Hall–Kier alpha value is -0.0400. The summed E-state index contributed by atoms with van der Waals surface area (Å²) in [4.78, 5) is 0. The van der Waals surface area contributed by atoms with Crippen molar-refractivity contribution in [3.63, 3.8) is 0 Å². The van der Waals surface area contributed by atoms with Crippen molar-refractivity contribution < 1.29 is 5.11 Å². The smallest absolute Gasteiger partial charge is 0.0543 e. The molecule has 4 saturated carbocycles. The number of hydrogen-bond donors (Lipinski definition) is 1. The van der Waals surface area contributed by atoms with Gasteiger partial charge in [-0.2, -0.15) is 0 Å². The van der Waals surface area contributed by atoms with Crippen molar-refractivity contribution in [2.75, 3.05) is 0 Å². The third-order valence-corrected chi connectivity index (χ3v) is 12.1. The maximum absolute atomic E-state index is 10.3. The molecule has 4 rings (SSSR count). The van der Waals surface area contributed by atoms with E-state index in [1.54, 1.807) is 0 Å². The van der Waals surface area contributed by atoms with Gasteiger partial charge < -0.3 is 5.11 Å². The molecule has 0 heterocycles. The second-order valence-electron chi connectivity index (χ2n) is 13.7. The minimum Gasteiger partial charge on any atom is -0.393 e. The Bertz CT molecular complexity index is 593. The average molecular weight is 445 g/mol. The molecule has 0 aromatic carbocycles. The summed E-state index contributed by atoms with van der Waals surface area (Å²) in [6.45, 7) is 12.7. The zero-order valence-corrected chi connectivity index (χ0v) is 22.4. The molecule has 4 aliphatic carbocycles. The molecule has 0 aromatic heterocycles. The van der Waals surface area contributed by atoms with Gasteiger partial charge in [0.25, 0.3) is 0 Å². The highest BCUT2D eigenvalue weighted by molar-refractivity contribution is 5.09. The molecule has 186 valence electrons. The molecule has 0 bridgehead atoms. The van der Waals surface area contributed by atoms with Crippen molar-refractivity contribution in [3.8, 4) is 0 Å². The summed E-state index contributed by atoms with van der Waals surface area (Å²) in [5.41, 5.74) is 1.14. The zero-order chi connectivity index (χ0) is 22.9. The van der Waals surface area contributed by atoms with Crippen LogP contribution in [0.2, 0.25) is 0 Å². The Kier molecular flexibility index (Phi) is 8.06. The summed E-state index contributed by atoms with van der Waals surface area (Å²) in [7, 11) is 0. The predicted molar refractivity (Wildman–Crippen MR) is 138 cm³/mol. The SMILES string of the molecule is CCCC(CCC)CCC[C@@H](C)[C@H]1CC[C@H]2[C@@H]3CCC4C[C@@H](O)CCC4(C)[C@H]3CC[C@]12C. The third kappa shape index (κ3) is 4.59. The summed E-state index contributed by atoms with van der Waals surface area (Å²) in [6.07, 6.45) is 22.4. The van der Waals surface area contributed by atoms with Crippen molar-refractivity contribution in [1.82, 2.24) is 0 Å². The molecule has 9 atom stereocenters. The van der Waals surface area contributed by atoms with E-state index in [1.807, 2.05) is 0 Å². The van der Waals surface area contributed by atoms with Crippen LogP contribution in [-0.2, 0) is 0 Å². The number of hydrogen-bond acceptors (Lipinski definition) is 1. The molecule has 0 spiro atoms. The molecule has 4 aliphatic rings. The van der Waals surface area contributed by atoms with Crippen molar-refractivity contribution in [1.29, 1.82) is 0 Å². The fraction of sp³-hybridized carbons (Fsp3) is 1.00. The summed E-state index contributed by atoms with van der Waals surface area (Å²) in [5, 5.41) is 10.3. The summed E-state index contributed by atoms with van der Waals surface area (Å²) >= 11 is 0. The van der Waals surface area contributed by atoms with E-state index in [0.717, 1.165) is 54.3 Å². The fourth-order valence-electron chi connectivity index (χ4n) is 10.4. The Morgan fingerprint density at radius 2 is 1.47 bits per heavy atom. The molecule has 4 fully saturated rings.